The summed E-state index contributed by atoms with van der Waals surface area (Å²) in [6, 6.07) is 7.33. The van der Waals surface area contributed by atoms with Crippen molar-refractivity contribution >= 4 is 16.8 Å². The Morgan fingerprint density at radius 3 is 2.94 bits per heavy atom. The number of nitrogens with one attached hydrogen (secondary N) is 1. The van der Waals surface area contributed by atoms with Gasteiger partial charge in [0.25, 0.3) is 0 Å². The van der Waals surface area contributed by atoms with Crippen molar-refractivity contribution in [3.63, 3.8) is 0 Å². The molecule has 0 unspecified atom stereocenters. The third-order valence-corrected chi connectivity index (χ3v) is 2.67. The molecule has 2 aromatic rings. The molecule has 0 aliphatic heterocycles. The zero-order valence-corrected chi connectivity index (χ0v) is 10.7. The molecule has 1 heterocycles. The van der Waals surface area contributed by atoms with E-state index in [4.69, 9.17) is 9.15 Å². The van der Waals surface area contributed by atoms with Crippen LogP contribution in [0, 0.1) is 0 Å². The maximum Gasteiger partial charge on any atom is 0.194 e. The highest BCUT2D eigenvalue weighted by Gasteiger charge is 2.08. The van der Waals surface area contributed by atoms with Gasteiger partial charge in [0.2, 0.25) is 0 Å². The number of ketones is 1. The Kier molecular flexibility index (Phi) is 3.99. The van der Waals surface area contributed by atoms with Gasteiger partial charge >= 0.3 is 0 Å². The zero-order valence-electron chi connectivity index (χ0n) is 10.7. The van der Waals surface area contributed by atoms with E-state index in [1.54, 1.807) is 6.07 Å². The average Bonchev–Trinajstić information content (AvgIpc) is 2.78. The molecule has 0 saturated carbocycles. The summed E-state index contributed by atoms with van der Waals surface area (Å²) in [4.78, 5) is 11.2. The van der Waals surface area contributed by atoms with Gasteiger partial charge in [-0.2, -0.15) is 0 Å². The molecule has 0 radical (unpaired) electrons. The number of hydrogen-bond acceptors (Lipinski definition) is 4. The summed E-state index contributed by atoms with van der Waals surface area (Å²) in [7, 11) is 1.92. The molecule has 4 heteroatoms. The van der Waals surface area contributed by atoms with Crippen molar-refractivity contribution in [1.82, 2.24) is 5.32 Å². The molecular formula is C14H17NO3. The molecule has 0 aliphatic carbocycles. The molecule has 1 aromatic heterocycles. The third-order valence-electron chi connectivity index (χ3n) is 2.67. The van der Waals surface area contributed by atoms with Crippen LogP contribution in [0.1, 0.15) is 23.9 Å². The first-order valence-corrected chi connectivity index (χ1v) is 6.02. The number of hydrogen-bond donors (Lipinski definition) is 1. The normalized spacial score (nSPS) is 10.8. The Labute approximate surface area is 106 Å². The molecular weight excluding hydrogens is 230 g/mol. The second-order valence-electron chi connectivity index (χ2n) is 4.17. The molecule has 0 atom stereocenters. The van der Waals surface area contributed by atoms with Crippen molar-refractivity contribution in [3.8, 4) is 5.75 Å². The quantitative estimate of drug-likeness (QED) is 0.629. The molecule has 0 spiro atoms. The summed E-state index contributed by atoms with van der Waals surface area (Å²) in [6.45, 7) is 3.10. The number of benzene rings is 1. The van der Waals surface area contributed by atoms with Crippen LogP contribution in [0.4, 0.5) is 0 Å². The Hall–Kier alpha value is -1.81. The van der Waals surface area contributed by atoms with Crippen molar-refractivity contribution in [2.75, 3.05) is 20.2 Å². The Bertz CT molecular complexity index is 545. The second-order valence-corrected chi connectivity index (χ2v) is 4.17. The van der Waals surface area contributed by atoms with Crippen LogP contribution in [0.2, 0.25) is 0 Å². The number of Topliss-reactive ketones (excluding diaryl/α,β-unsaturated/α-hetero) is 1. The van der Waals surface area contributed by atoms with Gasteiger partial charge in [-0.15, -0.1) is 0 Å². The average molecular weight is 247 g/mol. The maximum absolute atomic E-state index is 11.2. The molecule has 0 bridgehead atoms. The second kappa shape index (κ2) is 5.69. The lowest BCUT2D eigenvalue weighted by Gasteiger charge is -2.05. The Morgan fingerprint density at radius 1 is 1.39 bits per heavy atom. The summed E-state index contributed by atoms with van der Waals surface area (Å²) in [5, 5.41) is 3.96. The Morgan fingerprint density at radius 2 is 2.22 bits per heavy atom. The van der Waals surface area contributed by atoms with Gasteiger partial charge in [-0.25, -0.2) is 0 Å². The van der Waals surface area contributed by atoms with Gasteiger partial charge < -0.3 is 14.5 Å². The summed E-state index contributed by atoms with van der Waals surface area (Å²) in [5.41, 5.74) is 0.711. The third kappa shape index (κ3) is 2.90. The fourth-order valence-corrected chi connectivity index (χ4v) is 1.72. The van der Waals surface area contributed by atoms with Crippen molar-refractivity contribution < 1.29 is 13.9 Å². The predicted molar refractivity (Wildman–Crippen MR) is 70.3 cm³/mol. The van der Waals surface area contributed by atoms with Gasteiger partial charge in [-0.05, 0) is 44.3 Å². The van der Waals surface area contributed by atoms with Crippen LogP contribution in [-0.4, -0.2) is 26.0 Å². The SMILES string of the molecule is CNCCCOc1ccc2oc(C(C)=O)cc2c1. The molecule has 0 fully saturated rings. The van der Waals surface area contributed by atoms with E-state index in [9.17, 15) is 4.79 Å². The number of furan rings is 1. The van der Waals surface area contributed by atoms with Crippen molar-refractivity contribution in [2.24, 2.45) is 0 Å². The fraction of sp³-hybridized carbons (Fsp3) is 0.357. The van der Waals surface area contributed by atoms with E-state index in [2.05, 4.69) is 5.32 Å². The monoisotopic (exact) mass is 247 g/mol. The van der Waals surface area contributed by atoms with Gasteiger partial charge in [-0.3, -0.25) is 4.79 Å². The van der Waals surface area contributed by atoms with E-state index in [-0.39, 0.29) is 5.78 Å². The Balaban J connectivity index is 2.09. The van der Waals surface area contributed by atoms with Crippen molar-refractivity contribution in [3.05, 3.63) is 30.0 Å². The van der Waals surface area contributed by atoms with Crippen molar-refractivity contribution in [2.45, 2.75) is 13.3 Å². The number of carbonyl (C=O) groups is 1. The topological polar surface area (TPSA) is 51.5 Å². The highest BCUT2D eigenvalue weighted by molar-refractivity contribution is 5.96. The lowest BCUT2D eigenvalue weighted by atomic mass is 10.2. The summed E-state index contributed by atoms with van der Waals surface area (Å²) in [6.07, 6.45) is 0.957. The first-order chi connectivity index (χ1) is 8.70. The minimum atomic E-state index is -0.0670. The van der Waals surface area contributed by atoms with E-state index in [0.717, 1.165) is 24.1 Å². The lowest BCUT2D eigenvalue weighted by molar-refractivity contribution is 0.0989. The zero-order chi connectivity index (χ0) is 13.0. The summed E-state index contributed by atoms with van der Waals surface area (Å²) >= 11 is 0. The van der Waals surface area contributed by atoms with Crippen LogP contribution < -0.4 is 10.1 Å². The number of rotatable bonds is 6. The van der Waals surface area contributed by atoms with Crippen LogP contribution in [-0.2, 0) is 0 Å². The molecule has 96 valence electrons. The van der Waals surface area contributed by atoms with E-state index in [0.29, 0.717) is 18.0 Å². The first kappa shape index (κ1) is 12.6. The minimum absolute atomic E-state index is 0.0670. The fourth-order valence-electron chi connectivity index (χ4n) is 1.72. The molecule has 1 aromatic carbocycles. The predicted octanol–water partition coefficient (Wildman–Crippen LogP) is 2.62. The minimum Gasteiger partial charge on any atom is -0.494 e. The van der Waals surface area contributed by atoms with E-state index >= 15 is 0 Å². The van der Waals surface area contributed by atoms with Gasteiger partial charge in [0.15, 0.2) is 11.5 Å². The van der Waals surface area contributed by atoms with Crippen LogP contribution in [0.25, 0.3) is 11.0 Å². The molecule has 0 saturated heterocycles. The first-order valence-electron chi connectivity index (χ1n) is 6.02. The van der Waals surface area contributed by atoms with Gasteiger partial charge in [0, 0.05) is 12.3 Å². The number of fused-ring (bicyclic) bond motifs is 1. The van der Waals surface area contributed by atoms with Gasteiger partial charge in [0.1, 0.15) is 11.3 Å². The number of ether oxygens (including phenoxy) is 1. The highest BCUT2D eigenvalue weighted by atomic mass is 16.5. The number of carbonyl (C=O) groups excluding carboxylic acids is 1. The van der Waals surface area contributed by atoms with Crippen LogP contribution >= 0.6 is 0 Å². The molecule has 2 rings (SSSR count). The van der Waals surface area contributed by atoms with Gasteiger partial charge in [0.05, 0.1) is 6.61 Å². The molecule has 4 nitrogen and oxygen atoms in total. The molecule has 0 amide bonds. The molecule has 0 aliphatic rings. The van der Waals surface area contributed by atoms with Crippen LogP contribution in [0.3, 0.4) is 0 Å². The van der Waals surface area contributed by atoms with Crippen molar-refractivity contribution in [1.29, 1.82) is 0 Å². The van der Waals surface area contributed by atoms with E-state index in [1.165, 1.54) is 6.92 Å². The molecule has 1 N–H and O–H groups in total. The highest BCUT2D eigenvalue weighted by Crippen LogP contribution is 2.24. The standard InChI is InChI=1S/C14H17NO3/c1-10(16)14-9-11-8-12(4-5-13(11)18-14)17-7-3-6-15-2/h4-5,8-9,15H,3,6-7H2,1-2H3. The van der Waals surface area contributed by atoms with Crippen LogP contribution in [0.5, 0.6) is 5.75 Å². The smallest absolute Gasteiger partial charge is 0.194 e. The lowest BCUT2D eigenvalue weighted by Crippen LogP contribution is -2.11. The van der Waals surface area contributed by atoms with E-state index < -0.39 is 0 Å². The van der Waals surface area contributed by atoms with E-state index in [1.807, 2.05) is 25.2 Å². The van der Waals surface area contributed by atoms with Crippen LogP contribution in [0.15, 0.2) is 28.7 Å². The maximum atomic E-state index is 11.2. The summed E-state index contributed by atoms with van der Waals surface area (Å²) < 4.78 is 11.0. The van der Waals surface area contributed by atoms with Gasteiger partial charge in [-0.1, -0.05) is 0 Å². The molecule has 18 heavy (non-hydrogen) atoms. The largest absolute Gasteiger partial charge is 0.494 e. The summed E-state index contributed by atoms with van der Waals surface area (Å²) in [5.74, 6) is 1.12.